The minimum absolute atomic E-state index is 0.0285. The summed E-state index contributed by atoms with van der Waals surface area (Å²) < 4.78 is 0. The fourth-order valence-electron chi connectivity index (χ4n) is 0.723. The van der Waals surface area contributed by atoms with E-state index < -0.39 is 0 Å². The Bertz CT molecular complexity index is 370. The van der Waals surface area contributed by atoms with Crippen molar-refractivity contribution in [2.75, 3.05) is 26.0 Å². The number of nitrogens with zero attached hydrogens (tertiary/aromatic N) is 4. The first kappa shape index (κ1) is 11.9. The Morgan fingerprint density at radius 1 is 1.40 bits per heavy atom. The van der Waals surface area contributed by atoms with Crippen LogP contribution in [0.15, 0.2) is 0 Å². The monoisotopic (exact) mass is 249 g/mol. The number of carbonyl (C=O) groups is 1. The summed E-state index contributed by atoms with van der Waals surface area (Å²) in [5.41, 5.74) is 0. The predicted molar refractivity (Wildman–Crippen MR) is 57.0 cm³/mol. The molecular formula is C7H9Cl2N5O. The second kappa shape index (κ2) is 5.09. The van der Waals surface area contributed by atoms with Crippen molar-refractivity contribution in [1.82, 2.24) is 20.1 Å². The summed E-state index contributed by atoms with van der Waals surface area (Å²) in [5.74, 6) is 0.132. The maximum absolute atomic E-state index is 11.2. The van der Waals surface area contributed by atoms with Crippen LogP contribution in [-0.4, -0.2) is 46.6 Å². The molecule has 0 bridgehead atoms. The lowest BCUT2D eigenvalue weighted by Crippen LogP contribution is -2.29. The topological polar surface area (TPSA) is 71.0 Å². The predicted octanol–water partition coefficient (Wildman–Crippen LogP) is 0.678. The third-order valence-corrected chi connectivity index (χ3v) is 1.94. The molecule has 0 radical (unpaired) electrons. The molecule has 82 valence electrons. The van der Waals surface area contributed by atoms with Crippen molar-refractivity contribution in [2.24, 2.45) is 0 Å². The first-order valence-corrected chi connectivity index (χ1v) is 4.76. The second-order valence-electron chi connectivity index (χ2n) is 2.86. The van der Waals surface area contributed by atoms with Crippen molar-refractivity contribution in [3.63, 3.8) is 0 Å². The summed E-state index contributed by atoms with van der Waals surface area (Å²) in [7, 11) is 3.30. The average molecular weight is 250 g/mol. The zero-order valence-corrected chi connectivity index (χ0v) is 9.67. The molecule has 0 aliphatic rings. The molecule has 8 heteroatoms. The van der Waals surface area contributed by atoms with Crippen molar-refractivity contribution in [1.29, 1.82) is 0 Å². The van der Waals surface area contributed by atoms with E-state index in [9.17, 15) is 4.79 Å². The van der Waals surface area contributed by atoms with Crippen LogP contribution < -0.4 is 5.32 Å². The molecule has 1 heterocycles. The number of hydrogen-bond acceptors (Lipinski definition) is 5. The molecule has 1 aromatic heterocycles. The highest BCUT2D eigenvalue weighted by atomic mass is 35.5. The van der Waals surface area contributed by atoms with Gasteiger partial charge < -0.3 is 10.2 Å². The fraction of sp³-hybridized carbons (Fsp3) is 0.429. The standard InChI is InChI=1S/C7H9Cl2N5O/c1-14(2)4(15)3-10-6-5(8)12-13-7(9)11-6/h3H2,1-2H3,(H,10,11,13). The summed E-state index contributed by atoms with van der Waals surface area (Å²) in [6.07, 6.45) is 0. The Kier molecular flexibility index (Phi) is 4.05. The lowest BCUT2D eigenvalue weighted by molar-refractivity contribution is -0.126. The molecule has 0 unspecified atom stereocenters. The Hall–Kier alpha value is -1.14. The van der Waals surface area contributed by atoms with Gasteiger partial charge in [0, 0.05) is 14.1 Å². The SMILES string of the molecule is CN(C)C(=O)CNc1nc(Cl)nnc1Cl. The van der Waals surface area contributed by atoms with Crippen LogP contribution in [-0.2, 0) is 4.79 Å². The van der Waals surface area contributed by atoms with Crippen molar-refractivity contribution in [3.05, 3.63) is 10.4 Å². The summed E-state index contributed by atoms with van der Waals surface area (Å²) in [6.45, 7) is 0.0712. The van der Waals surface area contributed by atoms with E-state index in [2.05, 4.69) is 20.5 Å². The van der Waals surface area contributed by atoms with E-state index in [1.807, 2.05) is 0 Å². The third kappa shape index (κ3) is 3.49. The fourth-order valence-corrected chi connectivity index (χ4v) is 0.992. The van der Waals surface area contributed by atoms with Crippen LogP contribution in [0.2, 0.25) is 10.4 Å². The highest BCUT2D eigenvalue weighted by Crippen LogP contribution is 2.15. The summed E-state index contributed by atoms with van der Waals surface area (Å²) >= 11 is 11.2. The van der Waals surface area contributed by atoms with Crippen molar-refractivity contribution in [2.45, 2.75) is 0 Å². The van der Waals surface area contributed by atoms with Gasteiger partial charge in [-0.05, 0) is 11.6 Å². The summed E-state index contributed by atoms with van der Waals surface area (Å²) in [4.78, 5) is 16.5. The summed E-state index contributed by atoms with van der Waals surface area (Å²) in [5, 5.41) is 9.73. The number of hydrogen-bond donors (Lipinski definition) is 1. The number of nitrogens with one attached hydrogen (secondary N) is 1. The van der Waals surface area contributed by atoms with Gasteiger partial charge in [-0.1, -0.05) is 11.6 Å². The molecule has 0 atom stereocenters. The number of rotatable bonds is 3. The van der Waals surface area contributed by atoms with Crippen LogP contribution in [0.5, 0.6) is 0 Å². The van der Waals surface area contributed by atoms with E-state index in [0.717, 1.165) is 0 Å². The maximum atomic E-state index is 11.2. The van der Waals surface area contributed by atoms with Crippen molar-refractivity contribution < 1.29 is 4.79 Å². The van der Waals surface area contributed by atoms with E-state index in [1.54, 1.807) is 14.1 Å². The zero-order valence-electron chi connectivity index (χ0n) is 8.16. The lowest BCUT2D eigenvalue weighted by atomic mass is 10.5. The van der Waals surface area contributed by atoms with Gasteiger partial charge in [0.05, 0.1) is 6.54 Å². The van der Waals surface area contributed by atoms with Crippen LogP contribution in [0.4, 0.5) is 5.82 Å². The maximum Gasteiger partial charge on any atom is 0.245 e. The number of likely N-dealkylation sites (N-methyl/N-ethyl adjacent to an activating group) is 1. The first-order valence-electron chi connectivity index (χ1n) is 4.00. The molecule has 0 saturated carbocycles. The largest absolute Gasteiger partial charge is 0.358 e. The minimum Gasteiger partial charge on any atom is -0.358 e. The minimum atomic E-state index is -0.110. The number of anilines is 1. The molecule has 1 N–H and O–H groups in total. The molecule has 0 fully saturated rings. The van der Waals surface area contributed by atoms with Crippen molar-refractivity contribution in [3.8, 4) is 0 Å². The van der Waals surface area contributed by atoms with E-state index in [4.69, 9.17) is 23.2 Å². The highest BCUT2D eigenvalue weighted by Gasteiger charge is 2.08. The molecule has 0 aromatic carbocycles. The van der Waals surface area contributed by atoms with E-state index in [0.29, 0.717) is 0 Å². The van der Waals surface area contributed by atoms with Gasteiger partial charge in [0.1, 0.15) is 0 Å². The second-order valence-corrected chi connectivity index (χ2v) is 3.56. The van der Waals surface area contributed by atoms with Crippen LogP contribution in [0.3, 0.4) is 0 Å². The smallest absolute Gasteiger partial charge is 0.245 e. The van der Waals surface area contributed by atoms with Crippen molar-refractivity contribution >= 4 is 34.9 Å². The molecule has 1 aromatic rings. The van der Waals surface area contributed by atoms with Crippen LogP contribution >= 0.6 is 23.2 Å². The Morgan fingerprint density at radius 2 is 2.07 bits per heavy atom. The lowest BCUT2D eigenvalue weighted by Gasteiger charge is -2.11. The molecule has 0 aliphatic heterocycles. The van der Waals surface area contributed by atoms with Gasteiger partial charge in [0.2, 0.25) is 11.2 Å². The van der Waals surface area contributed by atoms with E-state index in [1.165, 1.54) is 4.90 Å². The Morgan fingerprint density at radius 3 is 2.67 bits per heavy atom. The van der Waals surface area contributed by atoms with Gasteiger partial charge in [-0.15, -0.1) is 10.2 Å². The van der Waals surface area contributed by atoms with Gasteiger partial charge in [-0.3, -0.25) is 4.79 Å². The van der Waals surface area contributed by atoms with Gasteiger partial charge in [0.15, 0.2) is 11.0 Å². The van der Waals surface area contributed by atoms with Gasteiger partial charge >= 0.3 is 0 Å². The average Bonchev–Trinajstić information content (AvgIpc) is 2.18. The molecule has 6 nitrogen and oxygen atoms in total. The third-order valence-electron chi connectivity index (χ3n) is 1.53. The summed E-state index contributed by atoms with van der Waals surface area (Å²) in [6, 6.07) is 0. The van der Waals surface area contributed by atoms with Crippen LogP contribution in [0, 0.1) is 0 Å². The van der Waals surface area contributed by atoms with E-state index in [-0.39, 0.29) is 28.7 Å². The molecular weight excluding hydrogens is 241 g/mol. The highest BCUT2D eigenvalue weighted by molar-refractivity contribution is 6.32. The molecule has 0 aliphatic carbocycles. The Labute approximate surface area is 96.6 Å². The number of aromatic nitrogens is 3. The molecule has 0 spiro atoms. The number of carbonyl (C=O) groups excluding carboxylic acids is 1. The van der Waals surface area contributed by atoms with Gasteiger partial charge in [-0.25, -0.2) is 0 Å². The molecule has 0 saturated heterocycles. The van der Waals surface area contributed by atoms with E-state index >= 15 is 0 Å². The molecule has 15 heavy (non-hydrogen) atoms. The quantitative estimate of drug-likeness (QED) is 0.854. The molecule has 1 amide bonds. The first-order chi connectivity index (χ1) is 7.00. The zero-order chi connectivity index (χ0) is 11.4. The number of halogens is 2. The number of amides is 1. The van der Waals surface area contributed by atoms with Gasteiger partial charge in [0.25, 0.3) is 0 Å². The normalized spacial score (nSPS) is 9.87. The van der Waals surface area contributed by atoms with Crippen LogP contribution in [0.1, 0.15) is 0 Å². The molecule has 1 rings (SSSR count). The Balaban J connectivity index is 2.65. The van der Waals surface area contributed by atoms with Gasteiger partial charge in [-0.2, -0.15) is 4.98 Å². The van der Waals surface area contributed by atoms with Crippen LogP contribution in [0.25, 0.3) is 0 Å².